The van der Waals surface area contributed by atoms with Crippen LogP contribution in [0.25, 0.3) is 27.8 Å². The number of aromatic nitrogens is 7. The summed E-state index contributed by atoms with van der Waals surface area (Å²) in [6.07, 6.45) is 6.09. The number of fused-ring (bicyclic) bond motifs is 3. The number of hydrogen-bond acceptors (Lipinski definition) is 10. The third-order valence-electron chi connectivity index (χ3n) is 6.13. The molecule has 0 radical (unpaired) electrons. The molecule has 0 fully saturated rings. The van der Waals surface area contributed by atoms with Gasteiger partial charge < -0.3 is 25.1 Å². The molecule has 0 spiro atoms. The van der Waals surface area contributed by atoms with Crippen molar-refractivity contribution >= 4 is 66.7 Å². The maximum atomic E-state index is 12.6. The van der Waals surface area contributed by atoms with Gasteiger partial charge in [0.05, 0.1) is 30.0 Å². The molecule has 6 aromatic rings. The van der Waals surface area contributed by atoms with Crippen LogP contribution in [0.1, 0.15) is 0 Å². The van der Waals surface area contributed by atoms with E-state index in [-0.39, 0.29) is 16.0 Å². The summed E-state index contributed by atoms with van der Waals surface area (Å²) in [4.78, 5) is 19.9. The molecule has 42 heavy (non-hydrogen) atoms. The summed E-state index contributed by atoms with van der Waals surface area (Å²) in [5.41, 5.74) is 2.01. The molecule has 2 aromatic carbocycles. The first kappa shape index (κ1) is 26.9. The molecule has 14 nitrogen and oxygen atoms in total. The summed E-state index contributed by atoms with van der Waals surface area (Å²) in [5.74, 6) is 2.16. The van der Waals surface area contributed by atoms with Crippen LogP contribution < -0.4 is 24.8 Å². The highest BCUT2D eigenvalue weighted by atomic mass is 32.2. The van der Waals surface area contributed by atoms with Crippen LogP contribution in [0.4, 0.5) is 17.5 Å². The Morgan fingerprint density at radius 2 is 1.69 bits per heavy atom. The zero-order chi connectivity index (χ0) is 29.3. The van der Waals surface area contributed by atoms with Crippen LogP contribution in [0.5, 0.6) is 11.5 Å². The number of aromatic amines is 1. The van der Waals surface area contributed by atoms with E-state index in [4.69, 9.17) is 21.7 Å². The number of ether oxygens (including phenoxy) is 2. The number of nitrogens with one attached hydrogen (secondary N) is 4. The van der Waals surface area contributed by atoms with Crippen LogP contribution in [-0.2, 0) is 10.0 Å². The fourth-order valence-corrected chi connectivity index (χ4v) is 5.43. The molecule has 0 aliphatic heterocycles. The number of sulfonamides is 1. The lowest BCUT2D eigenvalue weighted by Crippen LogP contribution is -2.20. The molecule has 0 saturated carbocycles. The Bertz CT molecular complexity index is 2030. The normalized spacial score (nSPS) is 11.4. The lowest BCUT2D eigenvalue weighted by molar-refractivity contribution is 0.356. The number of anilines is 3. The first-order valence-corrected chi connectivity index (χ1v) is 14.2. The van der Waals surface area contributed by atoms with E-state index in [1.807, 2.05) is 12.1 Å². The van der Waals surface area contributed by atoms with Crippen molar-refractivity contribution in [2.45, 2.75) is 4.90 Å². The number of methoxy groups -OCH3 is 2. The predicted octanol–water partition coefficient (Wildman–Crippen LogP) is 3.71. The Kier molecular flexibility index (Phi) is 6.97. The Morgan fingerprint density at radius 1 is 0.952 bits per heavy atom. The van der Waals surface area contributed by atoms with Crippen molar-refractivity contribution in [3.63, 3.8) is 0 Å². The maximum Gasteiger partial charge on any atom is 0.264 e. The summed E-state index contributed by atoms with van der Waals surface area (Å²) in [5, 5.41) is 12.5. The van der Waals surface area contributed by atoms with E-state index in [1.165, 1.54) is 30.9 Å². The molecular formula is C26H22N10O4S2. The maximum absolute atomic E-state index is 12.6. The zero-order valence-corrected chi connectivity index (χ0v) is 23.7. The molecule has 0 aliphatic rings. The van der Waals surface area contributed by atoms with Gasteiger partial charge in [-0.3, -0.25) is 0 Å². The quantitative estimate of drug-likeness (QED) is 0.186. The third-order valence-corrected chi connectivity index (χ3v) is 7.68. The van der Waals surface area contributed by atoms with Gasteiger partial charge in [-0.1, -0.05) is 0 Å². The van der Waals surface area contributed by atoms with Gasteiger partial charge in [0.1, 0.15) is 12.0 Å². The van der Waals surface area contributed by atoms with E-state index in [1.54, 1.807) is 49.4 Å². The van der Waals surface area contributed by atoms with E-state index in [9.17, 15) is 8.42 Å². The summed E-state index contributed by atoms with van der Waals surface area (Å²) in [6.45, 7) is 0. The van der Waals surface area contributed by atoms with E-state index in [2.05, 4.69) is 45.4 Å². The number of thiocarbonyl (C=S) groups is 1. The van der Waals surface area contributed by atoms with Gasteiger partial charge in [0.25, 0.3) is 10.0 Å². The van der Waals surface area contributed by atoms with Gasteiger partial charge in [0, 0.05) is 41.8 Å². The summed E-state index contributed by atoms with van der Waals surface area (Å²) < 4.78 is 40.1. The lowest BCUT2D eigenvalue weighted by atomic mass is 10.2. The second-order valence-electron chi connectivity index (χ2n) is 8.73. The predicted molar refractivity (Wildman–Crippen MR) is 161 cm³/mol. The number of rotatable bonds is 8. The average Bonchev–Trinajstić information content (AvgIpc) is 3.61. The van der Waals surface area contributed by atoms with Crippen LogP contribution in [0.3, 0.4) is 0 Å². The molecule has 0 bridgehead atoms. The van der Waals surface area contributed by atoms with Gasteiger partial charge in [-0.25, -0.2) is 37.8 Å². The fraction of sp³-hybridized carbons (Fsp3) is 0.0769. The lowest BCUT2D eigenvalue weighted by Gasteiger charge is -2.10. The highest BCUT2D eigenvalue weighted by Gasteiger charge is 2.18. The Morgan fingerprint density at radius 3 is 2.43 bits per heavy atom. The minimum absolute atomic E-state index is 0.0168. The Hall–Kier alpha value is -5.35. The summed E-state index contributed by atoms with van der Waals surface area (Å²) in [6, 6.07) is 13.1. The van der Waals surface area contributed by atoms with Gasteiger partial charge >= 0.3 is 0 Å². The summed E-state index contributed by atoms with van der Waals surface area (Å²) >= 11 is 5.44. The summed E-state index contributed by atoms with van der Waals surface area (Å²) in [7, 11) is -0.698. The zero-order valence-electron chi connectivity index (χ0n) is 22.1. The molecule has 0 atom stereocenters. The largest absolute Gasteiger partial charge is 0.493 e. The van der Waals surface area contributed by atoms with E-state index < -0.39 is 10.0 Å². The standard InChI is InChI=1S/C26H22N10O4S2/c1-39-19-12-17-18(13-20(19)40-2)32-23-22(17)24(30-14-29-23)36-11-8-21(34-36)33-26(41)31-15-4-6-16(7-5-15)42(37,38)35-25-27-9-3-10-28-25/h3-14H,1-2H3,(H,27,28,35)(H,29,30,32)(H2,31,33,34,41). The number of H-pyrrole nitrogens is 1. The van der Waals surface area contributed by atoms with Gasteiger partial charge in [0.2, 0.25) is 5.95 Å². The van der Waals surface area contributed by atoms with Crippen molar-refractivity contribution in [1.29, 1.82) is 0 Å². The van der Waals surface area contributed by atoms with Crippen molar-refractivity contribution in [1.82, 2.24) is 34.7 Å². The molecule has 16 heteroatoms. The molecule has 4 aromatic heterocycles. The molecule has 212 valence electrons. The van der Waals surface area contributed by atoms with Gasteiger partial charge in [0.15, 0.2) is 28.2 Å². The SMILES string of the molecule is COc1cc2[nH]c3ncnc(-n4ccc(NC(=S)Nc5ccc(S(=O)(=O)Nc6ncccn6)cc5)n4)c3c2cc1OC. The third kappa shape index (κ3) is 5.23. The second kappa shape index (κ2) is 10.9. The van der Waals surface area contributed by atoms with Crippen LogP contribution in [-0.4, -0.2) is 62.5 Å². The van der Waals surface area contributed by atoms with Crippen LogP contribution in [0.15, 0.2) is 78.3 Å². The second-order valence-corrected chi connectivity index (χ2v) is 10.8. The molecule has 0 unspecified atom stereocenters. The minimum atomic E-state index is -3.85. The van der Waals surface area contributed by atoms with Crippen molar-refractivity contribution in [3.05, 3.63) is 73.4 Å². The van der Waals surface area contributed by atoms with E-state index >= 15 is 0 Å². The van der Waals surface area contributed by atoms with Gasteiger partial charge in [-0.2, -0.15) is 0 Å². The topological polar surface area (TPSA) is 174 Å². The molecule has 6 rings (SSSR count). The van der Waals surface area contributed by atoms with Gasteiger partial charge in [-0.05, 0) is 48.6 Å². The van der Waals surface area contributed by atoms with Crippen LogP contribution in [0, 0.1) is 0 Å². The van der Waals surface area contributed by atoms with Crippen molar-refractivity contribution in [3.8, 4) is 17.3 Å². The smallest absolute Gasteiger partial charge is 0.264 e. The average molecular weight is 603 g/mol. The monoisotopic (exact) mass is 602 g/mol. The molecule has 0 aliphatic carbocycles. The van der Waals surface area contributed by atoms with Crippen molar-refractivity contribution in [2.75, 3.05) is 29.6 Å². The molecule has 4 heterocycles. The van der Waals surface area contributed by atoms with E-state index in [0.717, 1.165) is 16.3 Å². The van der Waals surface area contributed by atoms with Crippen molar-refractivity contribution < 1.29 is 17.9 Å². The van der Waals surface area contributed by atoms with Crippen molar-refractivity contribution in [2.24, 2.45) is 0 Å². The van der Waals surface area contributed by atoms with E-state index in [0.29, 0.717) is 34.5 Å². The fourth-order valence-electron chi connectivity index (χ4n) is 4.25. The molecular weight excluding hydrogens is 580 g/mol. The molecule has 0 saturated heterocycles. The number of nitrogens with zero attached hydrogens (tertiary/aromatic N) is 6. The highest BCUT2D eigenvalue weighted by Crippen LogP contribution is 2.36. The van der Waals surface area contributed by atoms with Gasteiger partial charge in [-0.15, -0.1) is 5.10 Å². The first-order chi connectivity index (χ1) is 20.3. The number of hydrogen-bond donors (Lipinski definition) is 4. The molecule has 4 N–H and O–H groups in total. The minimum Gasteiger partial charge on any atom is -0.493 e. The Balaban J connectivity index is 1.18. The highest BCUT2D eigenvalue weighted by molar-refractivity contribution is 7.92. The Labute approximate surface area is 244 Å². The first-order valence-electron chi connectivity index (χ1n) is 12.3. The van der Waals surface area contributed by atoms with Crippen LogP contribution in [0.2, 0.25) is 0 Å². The number of benzene rings is 2. The van der Waals surface area contributed by atoms with Crippen LogP contribution >= 0.6 is 12.2 Å². The molecule has 0 amide bonds.